The summed E-state index contributed by atoms with van der Waals surface area (Å²) in [5.41, 5.74) is 7.09. The Morgan fingerprint density at radius 3 is 2.57 bits per heavy atom. The third-order valence-electron chi connectivity index (χ3n) is 2.81. The van der Waals surface area contributed by atoms with Crippen molar-refractivity contribution in [3.05, 3.63) is 35.9 Å². The number of hydrogen-bond acceptors (Lipinski definition) is 2. The van der Waals surface area contributed by atoms with Crippen molar-refractivity contribution in [3.8, 4) is 0 Å². The Morgan fingerprint density at radius 2 is 2.00 bits per heavy atom. The molecule has 1 heterocycles. The Balaban J connectivity index is 2.03. The van der Waals surface area contributed by atoms with Gasteiger partial charge in [-0.3, -0.25) is 0 Å². The second-order valence-electron chi connectivity index (χ2n) is 4.01. The third-order valence-corrected chi connectivity index (χ3v) is 2.81. The lowest BCUT2D eigenvalue weighted by molar-refractivity contribution is 0.0332. The molecule has 2 N–H and O–H groups in total. The van der Waals surface area contributed by atoms with Gasteiger partial charge in [-0.1, -0.05) is 30.3 Å². The van der Waals surface area contributed by atoms with Crippen LogP contribution in [-0.4, -0.2) is 12.1 Å². The molecule has 1 aromatic rings. The molecular weight excluding hydrogens is 174 g/mol. The fourth-order valence-corrected chi connectivity index (χ4v) is 1.96. The van der Waals surface area contributed by atoms with E-state index in [9.17, 15) is 0 Å². The maximum atomic E-state index is 5.88. The predicted octanol–water partition coefficient (Wildman–Crippen LogP) is 2.25. The van der Waals surface area contributed by atoms with E-state index in [2.05, 4.69) is 24.3 Å². The topological polar surface area (TPSA) is 35.2 Å². The average Bonchev–Trinajstić information content (AvgIpc) is 2.68. The van der Waals surface area contributed by atoms with Gasteiger partial charge in [0.25, 0.3) is 0 Å². The highest BCUT2D eigenvalue weighted by molar-refractivity contribution is 5.18. The van der Waals surface area contributed by atoms with Gasteiger partial charge in [0.15, 0.2) is 0 Å². The molecule has 2 nitrogen and oxygen atoms in total. The Hall–Kier alpha value is -0.860. The largest absolute Gasteiger partial charge is 0.369 e. The highest BCUT2D eigenvalue weighted by Crippen LogP contribution is 2.33. The maximum Gasteiger partial charge on any atom is 0.0830 e. The molecule has 1 aliphatic heterocycles. The molecule has 76 valence electrons. The van der Waals surface area contributed by atoms with Gasteiger partial charge in [-0.05, 0) is 25.3 Å². The standard InChI is InChI=1S/C12H17NO/c1-9(13)11-7-8-12(14-11)10-5-3-2-4-6-10/h2-6,9,11-12H,7-8,13H2,1H3. The Labute approximate surface area is 85.1 Å². The molecule has 1 aliphatic rings. The quantitative estimate of drug-likeness (QED) is 0.778. The summed E-state index contributed by atoms with van der Waals surface area (Å²) in [6, 6.07) is 10.5. The van der Waals surface area contributed by atoms with E-state index in [-0.39, 0.29) is 18.2 Å². The van der Waals surface area contributed by atoms with Crippen molar-refractivity contribution in [1.29, 1.82) is 0 Å². The van der Waals surface area contributed by atoms with Gasteiger partial charge in [-0.25, -0.2) is 0 Å². The molecule has 0 aliphatic carbocycles. The van der Waals surface area contributed by atoms with E-state index in [1.807, 2.05) is 13.0 Å². The molecule has 0 amide bonds. The summed E-state index contributed by atoms with van der Waals surface area (Å²) in [7, 11) is 0. The molecule has 1 aromatic carbocycles. The summed E-state index contributed by atoms with van der Waals surface area (Å²) in [5.74, 6) is 0. The summed E-state index contributed by atoms with van der Waals surface area (Å²) in [4.78, 5) is 0. The normalized spacial score (nSPS) is 29.0. The van der Waals surface area contributed by atoms with Crippen molar-refractivity contribution in [2.75, 3.05) is 0 Å². The molecule has 3 atom stereocenters. The van der Waals surface area contributed by atoms with Crippen LogP contribution in [-0.2, 0) is 4.74 Å². The van der Waals surface area contributed by atoms with Gasteiger partial charge in [-0.2, -0.15) is 0 Å². The van der Waals surface area contributed by atoms with Crippen LogP contribution in [0.3, 0.4) is 0 Å². The van der Waals surface area contributed by atoms with Crippen molar-refractivity contribution in [2.45, 2.75) is 38.0 Å². The second kappa shape index (κ2) is 4.11. The lowest BCUT2D eigenvalue weighted by Crippen LogP contribution is -2.30. The van der Waals surface area contributed by atoms with Crippen LogP contribution in [0.25, 0.3) is 0 Å². The Bertz CT molecular complexity index is 284. The maximum absolute atomic E-state index is 5.88. The van der Waals surface area contributed by atoms with Gasteiger partial charge in [0.2, 0.25) is 0 Å². The fraction of sp³-hybridized carbons (Fsp3) is 0.500. The molecule has 3 unspecified atom stereocenters. The summed E-state index contributed by atoms with van der Waals surface area (Å²) in [6.07, 6.45) is 2.67. The minimum atomic E-state index is 0.142. The van der Waals surface area contributed by atoms with Crippen molar-refractivity contribution >= 4 is 0 Å². The van der Waals surface area contributed by atoms with Gasteiger partial charge in [-0.15, -0.1) is 0 Å². The van der Waals surface area contributed by atoms with E-state index in [0.29, 0.717) is 0 Å². The smallest absolute Gasteiger partial charge is 0.0830 e. The first-order chi connectivity index (χ1) is 6.77. The second-order valence-corrected chi connectivity index (χ2v) is 4.01. The van der Waals surface area contributed by atoms with Crippen molar-refractivity contribution in [3.63, 3.8) is 0 Å². The molecular formula is C12H17NO. The van der Waals surface area contributed by atoms with Gasteiger partial charge in [0.05, 0.1) is 12.2 Å². The molecule has 0 spiro atoms. The predicted molar refractivity (Wildman–Crippen MR) is 56.9 cm³/mol. The number of nitrogens with two attached hydrogens (primary N) is 1. The minimum absolute atomic E-state index is 0.142. The van der Waals surface area contributed by atoms with Gasteiger partial charge in [0, 0.05) is 6.04 Å². The van der Waals surface area contributed by atoms with Crippen LogP contribution in [0.2, 0.25) is 0 Å². The Kier molecular flexibility index (Phi) is 2.85. The summed E-state index contributed by atoms with van der Waals surface area (Å²) >= 11 is 0. The van der Waals surface area contributed by atoms with E-state index in [4.69, 9.17) is 10.5 Å². The average molecular weight is 191 g/mol. The highest BCUT2D eigenvalue weighted by atomic mass is 16.5. The molecule has 14 heavy (non-hydrogen) atoms. The molecule has 1 saturated heterocycles. The molecule has 0 aromatic heterocycles. The van der Waals surface area contributed by atoms with Gasteiger partial charge in [0.1, 0.15) is 0 Å². The zero-order chi connectivity index (χ0) is 9.97. The van der Waals surface area contributed by atoms with Crippen molar-refractivity contribution in [1.82, 2.24) is 0 Å². The van der Waals surface area contributed by atoms with E-state index in [1.54, 1.807) is 0 Å². The first-order valence-corrected chi connectivity index (χ1v) is 5.23. The lowest BCUT2D eigenvalue weighted by Gasteiger charge is -2.16. The third kappa shape index (κ3) is 1.97. The summed E-state index contributed by atoms with van der Waals surface area (Å²) in [5, 5.41) is 0. The summed E-state index contributed by atoms with van der Waals surface area (Å²) < 4.78 is 5.88. The van der Waals surface area contributed by atoms with E-state index >= 15 is 0 Å². The minimum Gasteiger partial charge on any atom is -0.369 e. The van der Waals surface area contributed by atoms with Crippen LogP contribution in [0.1, 0.15) is 31.4 Å². The molecule has 0 saturated carbocycles. The first kappa shape index (κ1) is 9.69. The van der Waals surface area contributed by atoms with Crippen LogP contribution < -0.4 is 5.73 Å². The van der Waals surface area contributed by atoms with Crippen molar-refractivity contribution < 1.29 is 4.74 Å². The van der Waals surface area contributed by atoms with Crippen molar-refractivity contribution in [2.24, 2.45) is 5.73 Å². The van der Waals surface area contributed by atoms with Crippen LogP contribution in [0.5, 0.6) is 0 Å². The molecule has 0 radical (unpaired) electrons. The molecule has 1 fully saturated rings. The van der Waals surface area contributed by atoms with Crippen LogP contribution in [0.15, 0.2) is 30.3 Å². The van der Waals surface area contributed by atoms with E-state index in [1.165, 1.54) is 5.56 Å². The van der Waals surface area contributed by atoms with E-state index < -0.39 is 0 Å². The first-order valence-electron chi connectivity index (χ1n) is 5.23. The van der Waals surface area contributed by atoms with Crippen LogP contribution in [0, 0.1) is 0 Å². The lowest BCUT2D eigenvalue weighted by atomic mass is 10.1. The molecule has 0 bridgehead atoms. The van der Waals surface area contributed by atoms with Crippen LogP contribution in [0.4, 0.5) is 0 Å². The SMILES string of the molecule is CC(N)C1CCC(c2ccccc2)O1. The molecule has 2 rings (SSSR count). The van der Waals surface area contributed by atoms with Gasteiger partial charge < -0.3 is 10.5 Å². The zero-order valence-corrected chi connectivity index (χ0v) is 8.52. The number of ether oxygens (including phenoxy) is 1. The summed E-state index contributed by atoms with van der Waals surface area (Å²) in [6.45, 7) is 2.01. The number of hydrogen-bond donors (Lipinski definition) is 1. The Morgan fingerprint density at radius 1 is 1.29 bits per heavy atom. The number of rotatable bonds is 2. The zero-order valence-electron chi connectivity index (χ0n) is 8.52. The van der Waals surface area contributed by atoms with Gasteiger partial charge >= 0.3 is 0 Å². The fourth-order valence-electron chi connectivity index (χ4n) is 1.96. The molecule has 2 heteroatoms. The number of benzene rings is 1. The monoisotopic (exact) mass is 191 g/mol. The van der Waals surface area contributed by atoms with Crippen LogP contribution >= 0.6 is 0 Å². The van der Waals surface area contributed by atoms with E-state index in [0.717, 1.165) is 12.8 Å². The highest BCUT2D eigenvalue weighted by Gasteiger charge is 2.28.